The van der Waals surface area contributed by atoms with Gasteiger partial charge in [-0.3, -0.25) is 10.1 Å². The van der Waals surface area contributed by atoms with Crippen LogP contribution in [0.15, 0.2) is 48.9 Å². The van der Waals surface area contributed by atoms with Crippen LogP contribution in [0, 0.1) is 6.92 Å². The molecule has 0 spiro atoms. The van der Waals surface area contributed by atoms with Crippen molar-refractivity contribution in [1.29, 1.82) is 0 Å². The standard InChI is InChI=1S/C20H17ClN4O2/c1-12-8-19(27-11-18-14-5-7-22-10-17(14)24-25-18)15(9-16(12)21)13-4-3-6-23-20(13)26-2/h3-10H,11H2,1-2H3,(H,24,25). The highest BCUT2D eigenvalue weighted by Crippen LogP contribution is 2.38. The summed E-state index contributed by atoms with van der Waals surface area (Å²) in [5, 5.41) is 8.90. The van der Waals surface area contributed by atoms with Crippen LogP contribution in [0.4, 0.5) is 0 Å². The van der Waals surface area contributed by atoms with Gasteiger partial charge in [-0.2, -0.15) is 5.10 Å². The quantitative estimate of drug-likeness (QED) is 0.549. The van der Waals surface area contributed by atoms with E-state index in [1.54, 1.807) is 25.7 Å². The van der Waals surface area contributed by atoms with Crippen molar-refractivity contribution in [3.05, 3.63) is 65.2 Å². The molecule has 4 rings (SSSR count). The van der Waals surface area contributed by atoms with Crippen molar-refractivity contribution >= 4 is 22.5 Å². The lowest BCUT2D eigenvalue weighted by atomic mass is 10.0. The second-order valence-electron chi connectivity index (χ2n) is 6.04. The molecule has 0 atom stereocenters. The molecule has 0 fully saturated rings. The fourth-order valence-corrected chi connectivity index (χ4v) is 3.09. The zero-order chi connectivity index (χ0) is 18.8. The lowest BCUT2D eigenvalue weighted by Gasteiger charge is -2.15. The van der Waals surface area contributed by atoms with Crippen molar-refractivity contribution in [2.45, 2.75) is 13.5 Å². The molecule has 3 heterocycles. The number of halogens is 1. The molecule has 1 N–H and O–H groups in total. The zero-order valence-corrected chi connectivity index (χ0v) is 15.6. The van der Waals surface area contributed by atoms with Gasteiger partial charge in [-0.05, 0) is 42.8 Å². The highest BCUT2D eigenvalue weighted by molar-refractivity contribution is 6.31. The molecule has 0 saturated heterocycles. The molecule has 4 aromatic rings. The van der Waals surface area contributed by atoms with E-state index >= 15 is 0 Å². The number of H-pyrrole nitrogens is 1. The van der Waals surface area contributed by atoms with Gasteiger partial charge in [0.15, 0.2) is 0 Å². The Morgan fingerprint density at radius 1 is 1.15 bits per heavy atom. The average molecular weight is 381 g/mol. The Bertz CT molecular complexity index is 1110. The molecular formula is C20H17ClN4O2. The van der Waals surface area contributed by atoms with E-state index in [0.717, 1.165) is 33.3 Å². The molecule has 27 heavy (non-hydrogen) atoms. The Balaban J connectivity index is 1.73. The molecule has 0 unspecified atom stereocenters. The summed E-state index contributed by atoms with van der Waals surface area (Å²) in [5.41, 5.74) is 4.25. The molecule has 3 aromatic heterocycles. The van der Waals surface area contributed by atoms with Crippen molar-refractivity contribution in [2.24, 2.45) is 0 Å². The Labute approximate surface area is 161 Å². The first-order valence-electron chi connectivity index (χ1n) is 8.36. The van der Waals surface area contributed by atoms with Crippen molar-refractivity contribution in [3.63, 3.8) is 0 Å². The minimum atomic E-state index is 0.331. The number of rotatable bonds is 5. The Morgan fingerprint density at radius 3 is 2.89 bits per heavy atom. The van der Waals surface area contributed by atoms with Crippen molar-refractivity contribution in [1.82, 2.24) is 20.2 Å². The Morgan fingerprint density at radius 2 is 2.04 bits per heavy atom. The fraction of sp³-hybridized carbons (Fsp3) is 0.150. The normalized spacial score (nSPS) is 10.9. The molecule has 7 heteroatoms. The van der Waals surface area contributed by atoms with Crippen molar-refractivity contribution in [2.75, 3.05) is 7.11 Å². The second kappa shape index (κ2) is 7.25. The number of nitrogens with zero attached hydrogens (tertiary/aromatic N) is 3. The molecular weight excluding hydrogens is 364 g/mol. The fourth-order valence-electron chi connectivity index (χ4n) is 2.92. The van der Waals surface area contributed by atoms with Gasteiger partial charge >= 0.3 is 0 Å². The zero-order valence-electron chi connectivity index (χ0n) is 14.9. The van der Waals surface area contributed by atoms with Crippen LogP contribution in [-0.2, 0) is 6.61 Å². The second-order valence-corrected chi connectivity index (χ2v) is 6.45. The lowest BCUT2D eigenvalue weighted by Crippen LogP contribution is -2.00. The summed E-state index contributed by atoms with van der Waals surface area (Å²) < 4.78 is 11.5. The van der Waals surface area contributed by atoms with Gasteiger partial charge in [0.25, 0.3) is 0 Å². The number of fused-ring (bicyclic) bond motifs is 1. The van der Waals surface area contributed by atoms with Gasteiger partial charge < -0.3 is 9.47 Å². The van der Waals surface area contributed by atoms with Gasteiger partial charge in [0.2, 0.25) is 5.88 Å². The third kappa shape index (κ3) is 3.31. The van der Waals surface area contributed by atoms with Crippen molar-refractivity contribution in [3.8, 4) is 22.8 Å². The smallest absolute Gasteiger partial charge is 0.221 e. The number of benzene rings is 1. The molecule has 0 radical (unpaired) electrons. The van der Waals surface area contributed by atoms with E-state index in [4.69, 9.17) is 21.1 Å². The monoisotopic (exact) mass is 380 g/mol. The van der Waals surface area contributed by atoms with Gasteiger partial charge in [0, 0.05) is 33.9 Å². The number of aromatic amines is 1. The maximum Gasteiger partial charge on any atom is 0.221 e. The van der Waals surface area contributed by atoms with Crippen LogP contribution in [0.2, 0.25) is 5.02 Å². The third-order valence-corrected chi connectivity index (χ3v) is 4.73. The first-order chi connectivity index (χ1) is 13.2. The Hall–Kier alpha value is -3.12. The molecule has 0 saturated carbocycles. The van der Waals surface area contributed by atoms with Crippen LogP contribution in [0.5, 0.6) is 11.6 Å². The predicted molar refractivity (Wildman–Crippen MR) is 104 cm³/mol. The van der Waals surface area contributed by atoms with Crippen LogP contribution < -0.4 is 9.47 Å². The van der Waals surface area contributed by atoms with E-state index in [1.807, 2.05) is 37.3 Å². The summed E-state index contributed by atoms with van der Waals surface area (Å²) in [4.78, 5) is 8.35. The average Bonchev–Trinajstić information content (AvgIpc) is 3.11. The van der Waals surface area contributed by atoms with Gasteiger partial charge in [0.05, 0.1) is 19.0 Å². The molecule has 136 valence electrons. The molecule has 6 nitrogen and oxygen atoms in total. The molecule has 0 aliphatic carbocycles. The number of hydrogen-bond acceptors (Lipinski definition) is 5. The van der Waals surface area contributed by atoms with Crippen LogP contribution in [0.1, 0.15) is 11.3 Å². The first kappa shape index (κ1) is 17.3. The van der Waals surface area contributed by atoms with E-state index < -0.39 is 0 Å². The highest BCUT2D eigenvalue weighted by Gasteiger charge is 2.15. The number of hydrogen-bond donors (Lipinski definition) is 1. The number of ether oxygens (including phenoxy) is 2. The number of methoxy groups -OCH3 is 1. The maximum atomic E-state index is 6.37. The van der Waals surface area contributed by atoms with Gasteiger partial charge in [-0.25, -0.2) is 4.98 Å². The maximum absolute atomic E-state index is 6.37. The van der Waals surface area contributed by atoms with Crippen LogP contribution in [-0.4, -0.2) is 27.3 Å². The highest BCUT2D eigenvalue weighted by atomic mass is 35.5. The van der Waals surface area contributed by atoms with Gasteiger partial charge in [-0.15, -0.1) is 0 Å². The first-order valence-corrected chi connectivity index (χ1v) is 8.74. The summed E-state index contributed by atoms with van der Waals surface area (Å²) in [6.07, 6.45) is 5.14. The van der Waals surface area contributed by atoms with E-state index in [-0.39, 0.29) is 0 Å². The largest absolute Gasteiger partial charge is 0.487 e. The number of aryl methyl sites for hydroxylation is 1. The summed E-state index contributed by atoms with van der Waals surface area (Å²) in [6, 6.07) is 9.49. The van der Waals surface area contributed by atoms with Crippen LogP contribution in [0.25, 0.3) is 22.0 Å². The summed E-state index contributed by atoms with van der Waals surface area (Å²) in [7, 11) is 1.59. The van der Waals surface area contributed by atoms with Gasteiger partial charge in [0.1, 0.15) is 17.9 Å². The van der Waals surface area contributed by atoms with Gasteiger partial charge in [-0.1, -0.05) is 11.6 Å². The van der Waals surface area contributed by atoms with E-state index in [1.165, 1.54) is 0 Å². The van der Waals surface area contributed by atoms with E-state index in [2.05, 4.69) is 20.2 Å². The molecule has 0 bridgehead atoms. The SMILES string of the molecule is COc1ncccc1-c1cc(Cl)c(C)cc1OCc1[nH]nc2cnccc12. The molecule has 0 aliphatic rings. The summed E-state index contributed by atoms with van der Waals surface area (Å²) in [6.45, 7) is 2.27. The van der Waals surface area contributed by atoms with E-state index in [9.17, 15) is 0 Å². The molecule has 1 aromatic carbocycles. The topological polar surface area (TPSA) is 72.9 Å². The van der Waals surface area contributed by atoms with Crippen molar-refractivity contribution < 1.29 is 9.47 Å². The predicted octanol–water partition coefficient (Wildman–Crippen LogP) is 4.57. The molecule has 0 aliphatic heterocycles. The number of aromatic nitrogens is 4. The van der Waals surface area contributed by atoms with Crippen LogP contribution in [0.3, 0.4) is 0 Å². The van der Waals surface area contributed by atoms with Crippen LogP contribution >= 0.6 is 11.6 Å². The number of nitrogens with one attached hydrogen (secondary N) is 1. The lowest BCUT2D eigenvalue weighted by molar-refractivity contribution is 0.303. The Kier molecular flexibility index (Phi) is 4.64. The minimum Gasteiger partial charge on any atom is -0.487 e. The summed E-state index contributed by atoms with van der Waals surface area (Å²) in [5.74, 6) is 1.21. The molecule has 0 amide bonds. The number of pyridine rings is 2. The summed E-state index contributed by atoms with van der Waals surface area (Å²) >= 11 is 6.37. The third-order valence-electron chi connectivity index (χ3n) is 4.32. The van der Waals surface area contributed by atoms with E-state index in [0.29, 0.717) is 23.3 Å². The minimum absolute atomic E-state index is 0.331.